The number of hydrogen-bond acceptors (Lipinski definition) is 7. The lowest BCUT2D eigenvalue weighted by atomic mass is 10.0. The van der Waals surface area contributed by atoms with Gasteiger partial charge in [-0.15, -0.1) is 0 Å². The van der Waals surface area contributed by atoms with E-state index in [4.69, 9.17) is 15.2 Å². The number of hydrogen-bond donors (Lipinski definition) is 2. The molecule has 0 unspecified atom stereocenters. The maximum atomic E-state index is 15.2. The average molecular weight is 604 g/mol. The van der Waals surface area contributed by atoms with Crippen molar-refractivity contribution in [1.82, 2.24) is 9.88 Å². The summed E-state index contributed by atoms with van der Waals surface area (Å²) in [5, 5.41) is 2.54. The Labute approximate surface area is 243 Å². The maximum absolute atomic E-state index is 15.2. The molecule has 4 rings (SSSR count). The van der Waals surface area contributed by atoms with E-state index in [1.807, 2.05) is 0 Å². The number of nitrogen functional groups attached to an aromatic ring is 1. The zero-order valence-corrected chi connectivity index (χ0v) is 23.1. The molecule has 1 aromatic heterocycles. The molecule has 3 N–H and O–H groups in total. The summed E-state index contributed by atoms with van der Waals surface area (Å²) in [5.41, 5.74) is 3.08. The summed E-state index contributed by atoms with van der Waals surface area (Å²) in [4.78, 5) is 49.6. The van der Waals surface area contributed by atoms with E-state index in [0.717, 1.165) is 62.1 Å². The molecule has 2 aromatic carbocycles. The van der Waals surface area contributed by atoms with Crippen molar-refractivity contribution in [3.63, 3.8) is 0 Å². The molecule has 1 fully saturated rings. The minimum atomic E-state index is -1.25. The Kier molecular flexibility index (Phi) is 9.84. The number of anilines is 1. The highest BCUT2D eigenvalue weighted by atomic mass is 19.1. The number of aromatic nitrogens is 1. The number of halogens is 4. The maximum Gasteiger partial charge on any atom is 0.328 e. The summed E-state index contributed by atoms with van der Waals surface area (Å²) < 4.78 is 69.2. The molecule has 43 heavy (non-hydrogen) atoms. The predicted molar refractivity (Wildman–Crippen MR) is 147 cm³/mol. The van der Waals surface area contributed by atoms with Gasteiger partial charge < -0.3 is 20.5 Å². The lowest BCUT2D eigenvalue weighted by molar-refractivity contribution is -0.152. The van der Waals surface area contributed by atoms with Crippen LogP contribution in [0.1, 0.15) is 61.4 Å². The van der Waals surface area contributed by atoms with E-state index in [9.17, 15) is 28.0 Å². The second kappa shape index (κ2) is 13.5. The van der Waals surface area contributed by atoms with E-state index in [-0.39, 0.29) is 31.3 Å². The van der Waals surface area contributed by atoms with Crippen molar-refractivity contribution in [3.05, 3.63) is 87.2 Å². The second-order valence-electron chi connectivity index (χ2n) is 10.1. The third kappa shape index (κ3) is 7.40. The van der Waals surface area contributed by atoms with Gasteiger partial charge in [-0.1, -0.05) is 0 Å². The summed E-state index contributed by atoms with van der Waals surface area (Å²) in [5.74, 6) is -7.53. The Morgan fingerprint density at radius 2 is 1.63 bits per heavy atom. The first kappa shape index (κ1) is 31.3. The number of ether oxygens (including phenoxy) is 2. The van der Waals surface area contributed by atoms with Gasteiger partial charge in [-0.2, -0.15) is 0 Å². The van der Waals surface area contributed by atoms with Crippen molar-refractivity contribution in [2.45, 2.75) is 57.6 Å². The number of ketones is 1. The van der Waals surface area contributed by atoms with Gasteiger partial charge in [-0.25, -0.2) is 22.4 Å². The van der Waals surface area contributed by atoms with Crippen LogP contribution in [-0.4, -0.2) is 41.0 Å². The monoisotopic (exact) mass is 603 g/mol. The molecular weight excluding hydrogens is 574 g/mol. The SMILES string of the molecule is CC(=O)N[C@@H](CCCOc1cc(F)c(-n2c(N)c(C(=O)c3ccc(F)cc3F)ccc2=O)c(F)c1)C(=O)OC1CCCC1. The standard InChI is InChI=1S/C30H29F4N3O6/c1-16(38)36-25(30(41)43-18-5-2-3-6-18)7-4-12-42-19-14-23(33)27(24(34)15-19)37-26(39)11-10-21(29(37)35)28(40)20-9-8-17(31)13-22(20)32/h8-11,13-15,18,25H,2-7,12,35H2,1H3,(H,36,38)/t25-/m0/s1. The molecule has 9 nitrogen and oxygen atoms in total. The Morgan fingerprint density at radius 3 is 2.26 bits per heavy atom. The van der Waals surface area contributed by atoms with Crippen LogP contribution in [-0.2, 0) is 14.3 Å². The van der Waals surface area contributed by atoms with Gasteiger partial charge in [0.1, 0.15) is 41.0 Å². The van der Waals surface area contributed by atoms with Crippen LogP contribution in [0.25, 0.3) is 5.69 Å². The number of nitrogens with one attached hydrogen (secondary N) is 1. The number of nitrogens with zero attached hydrogens (tertiary/aromatic N) is 1. The number of pyridine rings is 1. The zero-order chi connectivity index (χ0) is 31.3. The summed E-state index contributed by atoms with van der Waals surface area (Å²) in [7, 11) is 0. The first-order valence-electron chi connectivity index (χ1n) is 13.6. The van der Waals surface area contributed by atoms with Gasteiger partial charge in [0.05, 0.1) is 17.7 Å². The molecule has 1 atom stereocenters. The molecule has 0 bridgehead atoms. The predicted octanol–water partition coefficient (Wildman–Crippen LogP) is 4.36. The van der Waals surface area contributed by atoms with E-state index in [2.05, 4.69) is 5.32 Å². The molecule has 1 aliphatic rings. The minimum Gasteiger partial charge on any atom is -0.493 e. The van der Waals surface area contributed by atoms with E-state index in [1.165, 1.54) is 6.92 Å². The molecular formula is C30H29F4N3O6. The number of nitrogens with two attached hydrogens (primary N) is 1. The molecule has 1 saturated carbocycles. The lowest BCUT2D eigenvalue weighted by Crippen LogP contribution is -2.42. The molecule has 0 spiro atoms. The number of esters is 1. The van der Waals surface area contributed by atoms with Gasteiger partial charge in [0.2, 0.25) is 5.91 Å². The fourth-order valence-corrected chi connectivity index (χ4v) is 4.86. The van der Waals surface area contributed by atoms with Crippen LogP contribution in [0.3, 0.4) is 0 Å². The van der Waals surface area contributed by atoms with Crippen LogP contribution in [0.5, 0.6) is 5.75 Å². The van der Waals surface area contributed by atoms with E-state index >= 15 is 8.78 Å². The van der Waals surface area contributed by atoms with Gasteiger partial charge in [0, 0.05) is 31.2 Å². The summed E-state index contributed by atoms with van der Waals surface area (Å²) in [6, 6.07) is 4.72. The topological polar surface area (TPSA) is 130 Å². The van der Waals surface area contributed by atoms with E-state index < -0.39 is 75.2 Å². The first-order valence-corrected chi connectivity index (χ1v) is 13.6. The van der Waals surface area contributed by atoms with Crippen LogP contribution >= 0.6 is 0 Å². The summed E-state index contributed by atoms with van der Waals surface area (Å²) in [6.45, 7) is 1.19. The third-order valence-corrected chi connectivity index (χ3v) is 6.92. The van der Waals surface area contributed by atoms with E-state index in [1.54, 1.807) is 0 Å². The highest BCUT2D eigenvalue weighted by Crippen LogP contribution is 2.27. The van der Waals surface area contributed by atoms with Crippen molar-refractivity contribution in [2.24, 2.45) is 0 Å². The normalized spacial score (nSPS) is 13.9. The first-order chi connectivity index (χ1) is 20.5. The van der Waals surface area contributed by atoms with Gasteiger partial charge >= 0.3 is 5.97 Å². The Morgan fingerprint density at radius 1 is 0.977 bits per heavy atom. The number of rotatable bonds is 11. The Bertz CT molecular complexity index is 1580. The fourth-order valence-electron chi connectivity index (χ4n) is 4.86. The Balaban J connectivity index is 1.48. The summed E-state index contributed by atoms with van der Waals surface area (Å²) in [6.07, 6.45) is 3.63. The lowest BCUT2D eigenvalue weighted by Gasteiger charge is -2.20. The quantitative estimate of drug-likeness (QED) is 0.144. The molecule has 0 radical (unpaired) electrons. The molecule has 1 aliphatic carbocycles. The molecule has 228 valence electrons. The molecule has 0 aliphatic heterocycles. The number of carbonyl (C=O) groups excluding carboxylic acids is 3. The highest BCUT2D eigenvalue weighted by molar-refractivity contribution is 6.11. The van der Waals surface area contributed by atoms with Crippen LogP contribution in [0.15, 0.2) is 47.3 Å². The van der Waals surface area contributed by atoms with Crippen molar-refractivity contribution < 1.29 is 41.4 Å². The minimum absolute atomic E-state index is 0.0830. The highest BCUT2D eigenvalue weighted by Gasteiger charge is 2.27. The molecule has 13 heteroatoms. The van der Waals surface area contributed by atoms with Crippen molar-refractivity contribution in [2.75, 3.05) is 12.3 Å². The van der Waals surface area contributed by atoms with E-state index in [0.29, 0.717) is 10.6 Å². The van der Waals surface area contributed by atoms with Gasteiger partial charge in [-0.3, -0.25) is 19.0 Å². The van der Waals surface area contributed by atoms with Crippen LogP contribution in [0, 0.1) is 23.3 Å². The molecule has 3 aromatic rings. The van der Waals surface area contributed by atoms with Gasteiger partial charge in [-0.05, 0) is 56.7 Å². The van der Waals surface area contributed by atoms with Crippen molar-refractivity contribution in [3.8, 4) is 11.4 Å². The number of benzene rings is 2. The van der Waals surface area contributed by atoms with Gasteiger partial charge in [0.25, 0.3) is 5.56 Å². The van der Waals surface area contributed by atoms with Gasteiger partial charge in [0.15, 0.2) is 17.4 Å². The van der Waals surface area contributed by atoms with Crippen LogP contribution in [0.4, 0.5) is 23.4 Å². The molecule has 1 heterocycles. The van der Waals surface area contributed by atoms with Crippen molar-refractivity contribution >= 4 is 23.5 Å². The number of amides is 1. The Hall–Kier alpha value is -4.68. The molecule has 0 saturated heterocycles. The van der Waals surface area contributed by atoms with Crippen LogP contribution in [0.2, 0.25) is 0 Å². The third-order valence-electron chi connectivity index (χ3n) is 6.92. The molecule has 1 amide bonds. The second-order valence-corrected chi connectivity index (χ2v) is 10.1. The van der Waals surface area contributed by atoms with Crippen LogP contribution < -0.4 is 21.3 Å². The number of carbonyl (C=O) groups is 3. The average Bonchev–Trinajstić information content (AvgIpc) is 3.44. The largest absolute Gasteiger partial charge is 0.493 e. The smallest absolute Gasteiger partial charge is 0.328 e. The fraction of sp³-hybridized carbons (Fsp3) is 0.333. The summed E-state index contributed by atoms with van der Waals surface area (Å²) >= 11 is 0. The van der Waals surface area contributed by atoms with Crippen molar-refractivity contribution in [1.29, 1.82) is 0 Å². The zero-order valence-electron chi connectivity index (χ0n) is 23.1.